The van der Waals surface area contributed by atoms with Gasteiger partial charge in [-0.3, -0.25) is 0 Å². The molecule has 1 atom stereocenters. The predicted octanol–water partition coefficient (Wildman–Crippen LogP) is 3.93. The van der Waals surface area contributed by atoms with Crippen LogP contribution in [-0.2, 0) is 4.43 Å². The molecule has 1 saturated heterocycles. The highest BCUT2D eigenvalue weighted by molar-refractivity contribution is 6.74. The second kappa shape index (κ2) is 5.02. The molecule has 1 N–H and O–H groups in total. The van der Waals surface area contributed by atoms with E-state index in [0.29, 0.717) is 16.6 Å². The molecule has 1 rings (SSSR count). The number of hydrogen-bond acceptors (Lipinski definition) is 2. The molecular weight excluding hydrogens is 226 g/mol. The Hall–Kier alpha value is 0.137. The van der Waals surface area contributed by atoms with Crippen molar-refractivity contribution in [3.05, 3.63) is 0 Å². The molecule has 17 heavy (non-hydrogen) atoms. The molecule has 1 aliphatic rings. The van der Waals surface area contributed by atoms with E-state index in [1.54, 1.807) is 0 Å². The molecule has 0 radical (unpaired) electrons. The lowest BCUT2D eigenvalue weighted by Crippen LogP contribution is -2.53. The molecule has 3 heteroatoms. The van der Waals surface area contributed by atoms with Crippen molar-refractivity contribution in [1.82, 2.24) is 5.32 Å². The minimum Gasteiger partial charge on any atom is -0.415 e. The van der Waals surface area contributed by atoms with Crippen LogP contribution in [0.25, 0.3) is 0 Å². The molecule has 1 heterocycles. The fourth-order valence-electron chi connectivity index (χ4n) is 2.14. The quantitative estimate of drug-likeness (QED) is 0.774. The lowest BCUT2D eigenvalue weighted by atomic mass is 9.89. The molecule has 0 spiro atoms. The lowest BCUT2D eigenvalue weighted by Gasteiger charge is -2.41. The first-order chi connectivity index (χ1) is 7.54. The van der Waals surface area contributed by atoms with Crippen molar-refractivity contribution in [3.8, 4) is 0 Å². The third-order valence-corrected chi connectivity index (χ3v) is 8.90. The summed E-state index contributed by atoms with van der Waals surface area (Å²) in [5.74, 6) is 0. The van der Waals surface area contributed by atoms with Crippen LogP contribution in [0.15, 0.2) is 0 Å². The third-order valence-electron chi connectivity index (χ3n) is 4.40. The van der Waals surface area contributed by atoms with Gasteiger partial charge in [-0.25, -0.2) is 0 Å². The van der Waals surface area contributed by atoms with Crippen LogP contribution >= 0.6 is 0 Å². The Morgan fingerprint density at radius 1 is 1.29 bits per heavy atom. The Morgan fingerprint density at radius 2 is 1.88 bits per heavy atom. The van der Waals surface area contributed by atoms with Gasteiger partial charge < -0.3 is 9.74 Å². The van der Waals surface area contributed by atoms with Gasteiger partial charge in [0.15, 0.2) is 8.32 Å². The molecule has 0 aromatic heterocycles. The van der Waals surface area contributed by atoms with Crippen molar-refractivity contribution in [2.75, 3.05) is 6.61 Å². The Bertz CT molecular complexity index is 255. The lowest BCUT2D eigenvalue weighted by molar-refractivity contribution is 0.169. The van der Waals surface area contributed by atoms with Crippen molar-refractivity contribution in [2.24, 2.45) is 0 Å². The summed E-state index contributed by atoms with van der Waals surface area (Å²) in [7, 11) is -1.58. The zero-order valence-electron chi connectivity index (χ0n) is 12.8. The monoisotopic (exact) mass is 257 g/mol. The summed E-state index contributed by atoms with van der Waals surface area (Å²) in [4.78, 5) is 0. The first-order valence-electron chi connectivity index (χ1n) is 6.95. The molecule has 1 aliphatic heterocycles. The SMILES string of the molecule is CC1(C)CCC[C@H](CO[Si](C)(C)C(C)(C)C)N1. The number of nitrogens with one attached hydrogen (secondary N) is 1. The highest BCUT2D eigenvalue weighted by Crippen LogP contribution is 2.36. The van der Waals surface area contributed by atoms with Crippen LogP contribution in [-0.4, -0.2) is 26.5 Å². The normalized spacial score (nSPS) is 25.9. The van der Waals surface area contributed by atoms with Crippen molar-refractivity contribution < 1.29 is 4.43 Å². The average Bonchev–Trinajstić information content (AvgIpc) is 2.11. The van der Waals surface area contributed by atoms with Crippen LogP contribution in [0.5, 0.6) is 0 Å². The molecule has 0 amide bonds. The van der Waals surface area contributed by atoms with Crippen molar-refractivity contribution in [2.45, 2.75) is 83.6 Å². The van der Waals surface area contributed by atoms with Crippen molar-refractivity contribution in [1.29, 1.82) is 0 Å². The summed E-state index contributed by atoms with van der Waals surface area (Å²) in [6.07, 6.45) is 3.87. The summed E-state index contributed by atoms with van der Waals surface area (Å²) in [6.45, 7) is 17.1. The molecule has 0 unspecified atom stereocenters. The molecule has 0 aliphatic carbocycles. The van der Waals surface area contributed by atoms with Gasteiger partial charge in [-0.2, -0.15) is 0 Å². The van der Waals surface area contributed by atoms with Crippen molar-refractivity contribution >= 4 is 8.32 Å². The zero-order valence-corrected chi connectivity index (χ0v) is 13.8. The maximum atomic E-state index is 6.30. The first-order valence-corrected chi connectivity index (χ1v) is 9.86. The molecule has 0 saturated carbocycles. The van der Waals surface area contributed by atoms with Crippen LogP contribution < -0.4 is 5.32 Å². The Kier molecular flexibility index (Phi) is 4.49. The summed E-state index contributed by atoms with van der Waals surface area (Å²) < 4.78 is 6.30. The second-order valence-corrected chi connectivity index (χ2v) is 12.5. The van der Waals surface area contributed by atoms with Crippen LogP contribution in [0.2, 0.25) is 18.1 Å². The number of rotatable bonds is 3. The van der Waals surface area contributed by atoms with Crippen molar-refractivity contribution in [3.63, 3.8) is 0 Å². The zero-order chi connectivity index (χ0) is 13.3. The van der Waals surface area contributed by atoms with Gasteiger partial charge in [0.2, 0.25) is 0 Å². The summed E-state index contributed by atoms with van der Waals surface area (Å²) >= 11 is 0. The fourth-order valence-corrected chi connectivity index (χ4v) is 3.19. The van der Waals surface area contributed by atoms with E-state index < -0.39 is 8.32 Å². The summed E-state index contributed by atoms with van der Waals surface area (Å²) in [6, 6.07) is 0.549. The average molecular weight is 257 g/mol. The maximum absolute atomic E-state index is 6.30. The van der Waals surface area contributed by atoms with E-state index in [9.17, 15) is 0 Å². The van der Waals surface area contributed by atoms with Gasteiger partial charge in [-0.05, 0) is 44.8 Å². The largest absolute Gasteiger partial charge is 0.415 e. The van der Waals surface area contributed by atoms with Gasteiger partial charge in [0.25, 0.3) is 0 Å². The van der Waals surface area contributed by atoms with Crippen LogP contribution in [0.4, 0.5) is 0 Å². The third kappa shape index (κ3) is 4.38. The summed E-state index contributed by atoms with van der Waals surface area (Å²) in [5, 5.41) is 4.03. The second-order valence-electron chi connectivity index (χ2n) is 7.69. The van der Waals surface area contributed by atoms with Crippen LogP contribution in [0, 0.1) is 0 Å². The molecule has 102 valence electrons. The Labute approximate surface area is 109 Å². The molecule has 0 aromatic rings. The molecule has 1 fully saturated rings. The van der Waals surface area contributed by atoms with E-state index in [-0.39, 0.29) is 0 Å². The fraction of sp³-hybridized carbons (Fsp3) is 1.00. The van der Waals surface area contributed by atoms with Gasteiger partial charge in [0.1, 0.15) is 0 Å². The van der Waals surface area contributed by atoms with Gasteiger partial charge in [-0.1, -0.05) is 27.2 Å². The predicted molar refractivity (Wildman–Crippen MR) is 78.0 cm³/mol. The van der Waals surface area contributed by atoms with E-state index in [1.807, 2.05) is 0 Å². The van der Waals surface area contributed by atoms with Crippen LogP contribution in [0.1, 0.15) is 53.9 Å². The number of hydrogen-bond donors (Lipinski definition) is 1. The molecule has 2 nitrogen and oxygen atoms in total. The Morgan fingerprint density at radius 3 is 2.35 bits per heavy atom. The minimum absolute atomic E-state index is 0.291. The summed E-state index contributed by atoms with van der Waals surface area (Å²) in [5.41, 5.74) is 0.291. The molecule has 0 bridgehead atoms. The number of piperidine rings is 1. The highest BCUT2D eigenvalue weighted by Gasteiger charge is 2.38. The maximum Gasteiger partial charge on any atom is 0.192 e. The van der Waals surface area contributed by atoms with Gasteiger partial charge in [0, 0.05) is 18.2 Å². The Balaban J connectivity index is 2.46. The van der Waals surface area contributed by atoms with E-state index in [0.717, 1.165) is 6.61 Å². The van der Waals surface area contributed by atoms with E-state index >= 15 is 0 Å². The van der Waals surface area contributed by atoms with Gasteiger partial charge in [0.05, 0.1) is 0 Å². The highest BCUT2D eigenvalue weighted by atomic mass is 28.4. The topological polar surface area (TPSA) is 21.3 Å². The first kappa shape index (κ1) is 15.2. The van der Waals surface area contributed by atoms with Gasteiger partial charge in [-0.15, -0.1) is 0 Å². The molecular formula is C14H31NOSi. The molecule has 0 aromatic carbocycles. The standard InChI is InChI=1S/C14H31NOSi/c1-13(2,3)17(6,7)16-11-12-9-8-10-14(4,5)15-12/h12,15H,8-11H2,1-7H3/t12-/m1/s1. The van der Waals surface area contributed by atoms with Gasteiger partial charge >= 0.3 is 0 Å². The minimum atomic E-state index is -1.58. The van der Waals surface area contributed by atoms with E-state index in [4.69, 9.17) is 4.43 Å². The van der Waals surface area contributed by atoms with E-state index in [2.05, 4.69) is 53.0 Å². The van der Waals surface area contributed by atoms with Crippen LogP contribution in [0.3, 0.4) is 0 Å². The smallest absolute Gasteiger partial charge is 0.192 e. The van der Waals surface area contributed by atoms with E-state index in [1.165, 1.54) is 19.3 Å².